The molecule has 8 nitrogen and oxygen atoms in total. The van der Waals surface area contributed by atoms with Gasteiger partial charge in [0.1, 0.15) is 0 Å². The fraction of sp³-hybridized carbons (Fsp3) is 0.467. The number of piperazine rings is 1. The summed E-state index contributed by atoms with van der Waals surface area (Å²) in [6, 6.07) is 5.77. The Morgan fingerprint density at radius 2 is 2.16 bits per heavy atom. The SMILES string of the molecule is CC(N)CCNC(=O)c1cccc(S(=O)(=O)N2CCNC(=O)C2)c1.Cl. The van der Waals surface area contributed by atoms with Crippen LogP contribution in [0.15, 0.2) is 29.2 Å². The molecule has 1 unspecified atom stereocenters. The molecule has 1 aromatic rings. The third-order valence-corrected chi connectivity index (χ3v) is 5.46. The minimum absolute atomic E-state index is 0. The van der Waals surface area contributed by atoms with Crippen molar-refractivity contribution in [1.82, 2.24) is 14.9 Å². The zero-order valence-electron chi connectivity index (χ0n) is 13.9. The highest BCUT2D eigenvalue weighted by Gasteiger charge is 2.29. The van der Waals surface area contributed by atoms with Crippen molar-refractivity contribution in [2.24, 2.45) is 5.73 Å². The first kappa shape index (κ1) is 21.4. The maximum atomic E-state index is 12.6. The van der Waals surface area contributed by atoms with E-state index in [1.165, 1.54) is 18.2 Å². The number of rotatable bonds is 6. The van der Waals surface area contributed by atoms with Crippen molar-refractivity contribution >= 4 is 34.2 Å². The Morgan fingerprint density at radius 1 is 1.44 bits per heavy atom. The highest BCUT2D eigenvalue weighted by atomic mass is 35.5. The fourth-order valence-electron chi connectivity index (χ4n) is 2.28. The zero-order valence-corrected chi connectivity index (χ0v) is 15.5. The van der Waals surface area contributed by atoms with Gasteiger partial charge in [-0.3, -0.25) is 9.59 Å². The molecule has 0 radical (unpaired) electrons. The number of hydrogen-bond donors (Lipinski definition) is 3. The number of nitrogens with two attached hydrogens (primary N) is 1. The topological polar surface area (TPSA) is 122 Å². The Labute approximate surface area is 153 Å². The van der Waals surface area contributed by atoms with E-state index < -0.39 is 10.0 Å². The molecule has 1 fully saturated rings. The van der Waals surface area contributed by atoms with Crippen LogP contribution in [0.25, 0.3) is 0 Å². The van der Waals surface area contributed by atoms with Crippen LogP contribution >= 0.6 is 12.4 Å². The number of amides is 2. The summed E-state index contributed by atoms with van der Waals surface area (Å²) in [5, 5.41) is 5.28. The van der Waals surface area contributed by atoms with Crippen molar-refractivity contribution in [1.29, 1.82) is 0 Å². The quantitative estimate of drug-likeness (QED) is 0.615. The molecule has 0 spiro atoms. The first-order chi connectivity index (χ1) is 11.3. The van der Waals surface area contributed by atoms with Gasteiger partial charge in [0.15, 0.2) is 0 Å². The minimum atomic E-state index is -3.81. The van der Waals surface area contributed by atoms with Crippen LogP contribution in [-0.4, -0.2) is 56.8 Å². The average molecular weight is 391 g/mol. The minimum Gasteiger partial charge on any atom is -0.354 e. The van der Waals surface area contributed by atoms with Gasteiger partial charge in [0.2, 0.25) is 15.9 Å². The lowest BCUT2D eigenvalue weighted by atomic mass is 10.2. The number of hydrogen-bond acceptors (Lipinski definition) is 5. The molecule has 1 aliphatic heterocycles. The summed E-state index contributed by atoms with van der Waals surface area (Å²) >= 11 is 0. The smallest absolute Gasteiger partial charge is 0.251 e. The van der Waals surface area contributed by atoms with Gasteiger partial charge in [0.25, 0.3) is 5.91 Å². The molecule has 25 heavy (non-hydrogen) atoms. The van der Waals surface area contributed by atoms with Gasteiger partial charge in [-0.1, -0.05) is 6.07 Å². The van der Waals surface area contributed by atoms with Gasteiger partial charge in [-0.25, -0.2) is 8.42 Å². The molecule has 10 heteroatoms. The summed E-state index contributed by atoms with van der Waals surface area (Å²) in [5.41, 5.74) is 5.88. The monoisotopic (exact) mass is 390 g/mol. The number of nitrogens with one attached hydrogen (secondary N) is 2. The lowest BCUT2D eigenvalue weighted by molar-refractivity contribution is -0.122. The summed E-state index contributed by atoms with van der Waals surface area (Å²) in [6.45, 7) is 2.52. The molecule has 1 aliphatic rings. The summed E-state index contributed by atoms with van der Waals surface area (Å²) in [4.78, 5) is 23.5. The Hall–Kier alpha value is -1.68. The Bertz CT molecular complexity index is 724. The van der Waals surface area contributed by atoms with E-state index in [0.29, 0.717) is 13.0 Å². The van der Waals surface area contributed by atoms with Crippen molar-refractivity contribution in [3.8, 4) is 0 Å². The highest BCUT2D eigenvalue weighted by Crippen LogP contribution is 2.17. The molecule has 140 valence electrons. The lowest BCUT2D eigenvalue weighted by Gasteiger charge is -2.26. The van der Waals surface area contributed by atoms with E-state index in [2.05, 4.69) is 10.6 Å². The standard InChI is InChI=1S/C15H22N4O4S.ClH/c1-11(16)5-6-18-15(21)12-3-2-4-13(9-12)24(22,23)19-8-7-17-14(20)10-19;/h2-4,9,11H,5-8,10,16H2,1H3,(H,17,20)(H,18,21);1H. The van der Waals surface area contributed by atoms with Crippen molar-refractivity contribution in [2.75, 3.05) is 26.2 Å². The van der Waals surface area contributed by atoms with E-state index in [4.69, 9.17) is 5.73 Å². The van der Waals surface area contributed by atoms with Crippen LogP contribution in [0.1, 0.15) is 23.7 Å². The molecular weight excluding hydrogens is 368 g/mol. The van der Waals surface area contributed by atoms with Gasteiger partial charge in [-0.05, 0) is 31.5 Å². The lowest BCUT2D eigenvalue weighted by Crippen LogP contribution is -2.49. The number of carbonyl (C=O) groups excluding carboxylic acids is 2. The van der Waals surface area contributed by atoms with Crippen molar-refractivity contribution in [3.05, 3.63) is 29.8 Å². The maximum absolute atomic E-state index is 12.6. The third kappa shape index (κ3) is 5.67. The van der Waals surface area contributed by atoms with E-state index in [9.17, 15) is 18.0 Å². The number of nitrogens with zero attached hydrogens (tertiary/aromatic N) is 1. The van der Waals surface area contributed by atoms with Gasteiger partial charge < -0.3 is 16.4 Å². The predicted octanol–water partition coefficient (Wildman–Crippen LogP) is -0.304. The molecule has 2 amide bonds. The van der Waals surface area contributed by atoms with E-state index in [0.717, 1.165) is 4.31 Å². The third-order valence-electron chi connectivity index (χ3n) is 3.62. The Balaban J connectivity index is 0.00000312. The van der Waals surface area contributed by atoms with Crippen molar-refractivity contribution in [2.45, 2.75) is 24.3 Å². The maximum Gasteiger partial charge on any atom is 0.251 e. The summed E-state index contributed by atoms with van der Waals surface area (Å²) in [6.07, 6.45) is 0.632. The molecule has 0 aliphatic carbocycles. The fourth-order valence-corrected chi connectivity index (χ4v) is 3.73. The number of halogens is 1. The predicted molar refractivity (Wildman–Crippen MR) is 96.1 cm³/mol. The first-order valence-corrected chi connectivity index (χ1v) is 9.15. The van der Waals surface area contributed by atoms with Gasteiger partial charge in [-0.2, -0.15) is 4.31 Å². The molecule has 2 rings (SSSR count). The summed E-state index contributed by atoms with van der Waals surface area (Å²) < 4.78 is 26.3. The number of sulfonamides is 1. The zero-order chi connectivity index (χ0) is 17.7. The first-order valence-electron chi connectivity index (χ1n) is 7.71. The van der Waals surface area contributed by atoms with E-state index in [1.807, 2.05) is 6.92 Å². The van der Waals surface area contributed by atoms with Crippen LogP contribution in [0.2, 0.25) is 0 Å². The van der Waals surface area contributed by atoms with Crippen LogP contribution in [-0.2, 0) is 14.8 Å². The van der Waals surface area contributed by atoms with E-state index in [1.54, 1.807) is 6.07 Å². The second-order valence-corrected chi connectivity index (χ2v) is 7.68. The Morgan fingerprint density at radius 3 is 2.80 bits per heavy atom. The molecule has 0 bridgehead atoms. The van der Waals surface area contributed by atoms with Crippen LogP contribution < -0.4 is 16.4 Å². The number of carbonyl (C=O) groups is 2. The van der Waals surface area contributed by atoms with E-state index in [-0.39, 0.29) is 60.4 Å². The molecule has 0 aromatic heterocycles. The van der Waals surface area contributed by atoms with Gasteiger partial charge >= 0.3 is 0 Å². The van der Waals surface area contributed by atoms with Gasteiger partial charge in [0.05, 0.1) is 11.4 Å². The van der Waals surface area contributed by atoms with Crippen LogP contribution in [0, 0.1) is 0 Å². The highest BCUT2D eigenvalue weighted by molar-refractivity contribution is 7.89. The van der Waals surface area contributed by atoms with Gasteiger partial charge in [0, 0.05) is 31.2 Å². The summed E-state index contributed by atoms with van der Waals surface area (Å²) in [7, 11) is -3.81. The van der Waals surface area contributed by atoms with Crippen LogP contribution in [0.5, 0.6) is 0 Å². The van der Waals surface area contributed by atoms with E-state index >= 15 is 0 Å². The molecule has 1 heterocycles. The van der Waals surface area contributed by atoms with Gasteiger partial charge in [-0.15, -0.1) is 12.4 Å². The molecule has 0 saturated carbocycles. The molecular formula is C15H23ClN4O4S. The Kier molecular flexibility index (Phi) is 7.81. The second kappa shape index (κ2) is 9.14. The molecule has 1 aromatic carbocycles. The molecule has 4 N–H and O–H groups in total. The molecule has 1 atom stereocenters. The largest absolute Gasteiger partial charge is 0.354 e. The van der Waals surface area contributed by atoms with Crippen molar-refractivity contribution < 1.29 is 18.0 Å². The summed E-state index contributed by atoms with van der Waals surface area (Å²) in [5.74, 6) is -0.696. The normalized spacial score (nSPS) is 16.5. The molecule has 1 saturated heterocycles. The van der Waals surface area contributed by atoms with Crippen LogP contribution in [0.4, 0.5) is 0 Å². The number of benzene rings is 1. The van der Waals surface area contributed by atoms with Crippen molar-refractivity contribution in [3.63, 3.8) is 0 Å². The van der Waals surface area contributed by atoms with Crippen LogP contribution in [0.3, 0.4) is 0 Å². The second-order valence-electron chi connectivity index (χ2n) is 5.74. The average Bonchev–Trinajstić information content (AvgIpc) is 2.54.